The van der Waals surface area contributed by atoms with Gasteiger partial charge in [0.2, 0.25) is 17.7 Å². The number of rotatable bonds is 14. The number of aryl methyl sites for hydroxylation is 1. The number of carbonyl (C=O) groups is 5. The molecule has 2 aliphatic rings. The zero-order valence-corrected chi connectivity index (χ0v) is 39.8. The van der Waals surface area contributed by atoms with Gasteiger partial charge in [-0.1, -0.05) is 46.4 Å². The molecule has 3 N–H and O–H groups in total. The molecule has 0 radical (unpaired) electrons. The average molecular weight is 906 g/mol. The van der Waals surface area contributed by atoms with E-state index in [4.69, 9.17) is 14.5 Å². The number of phenols is 1. The van der Waals surface area contributed by atoms with Gasteiger partial charge in [0.05, 0.1) is 31.2 Å². The van der Waals surface area contributed by atoms with Gasteiger partial charge in [0.1, 0.15) is 29.7 Å². The number of fused-ring (bicyclic) bond motifs is 6. The third-order valence-electron chi connectivity index (χ3n) is 12.8. The number of aldehydes is 1. The second-order valence-electron chi connectivity index (χ2n) is 19.0. The number of methoxy groups -OCH3 is 1. The molecular weight excluding hydrogens is 839 g/mol. The Kier molecular flexibility index (Phi) is 15.9. The maximum atomic E-state index is 14.8. The lowest BCUT2D eigenvalue weighted by Gasteiger charge is -2.42. The van der Waals surface area contributed by atoms with Crippen LogP contribution in [0.5, 0.6) is 5.75 Å². The lowest BCUT2D eigenvalue weighted by Crippen LogP contribution is -2.66. The van der Waals surface area contributed by atoms with Crippen molar-refractivity contribution in [1.82, 2.24) is 35.1 Å². The molecule has 4 heterocycles. The van der Waals surface area contributed by atoms with Crippen molar-refractivity contribution in [3.63, 3.8) is 0 Å². The number of nitrogens with one attached hydrogen (secondary N) is 2. The minimum Gasteiger partial charge on any atom is -0.508 e. The first kappa shape index (κ1) is 49.5. The molecule has 0 saturated carbocycles. The molecular formula is C51H67N7O8. The lowest BCUT2D eigenvalue weighted by atomic mass is 9.84. The highest BCUT2D eigenvalue weighted by Gasteiger charge is 2.41. The quantitative estimate of drug-likeness (QED) is 0.103. The van der Waals surface area contributed by atoms with Crippen molar-refractivity contribution in [3.8, 4) is 28.1 Å². The number of hydrogen-bond donors (Lipinski definition) is 3. The topological polar surface area (TPSA) is 176 Å². The molecule has 66 heavy (non-hydrogen) atoms. The van der Waals surface area contributed by atoms with Gasteiger partial charge >= 0.3 is 0 Å². The first-order valence-corrected chi connectivity index (χ1v) is 22.9. The van der Waals surface area contributed by atoms with Gasteiger partial charge < -0.3 is 39.1 Å². The summed E-state index contributed by atoms with van der Waals surface area (Å²) in [7, 11) is 4.86. The van der Waals surface area contributed by atoms with E-state index in [2.05, 4.69) is 60.9 Å². The minimum atomic E-state index is -1.22. The van der Waals surface area contributed by atoms with Crippen molar-refractivity contribution in [1.29, 1.82) is 0 Å². The number of hydrazine groups is 1. The zero-order chi connectivity index (χ0) is 47.9. The fourth-order valence-electron chi connectivity index (χ4n) is 9.52. The van der Waals surface area contributed by atoms with Crippen molar-refractivity contribution in [2.24, 2.45) is 11.3 Å². The average Bonchev–Trinajstić information content (AvgIpc) is 3.58. The van der Waals surface area contributed by atoms with Crippen LogP contribution in [0.2, 0.25) is 0 Å². The Morgan fingerprint density at radius 1 is 1.12 bits per heavy atom. The van der Waals surface area contributed by atoms with Crippen LogP contribution < -0.4 is 10.7 Å². The molecule has 2 aliphatic heterocycles. The van der Waals surface area contributed by atoms with Crippen molar-refractivity contribution < 1.29 is 38.6 Å². The Morgan fingerprint density at radius 3 is 2.59 bits per heavy atom. The number of hydrogen-bond acceptors (Lipinski definition) is 10. The van der Waals surface area contributed by atoms with Gasteiger partial charge in [0.25, 0.3) is 5.91 Å². The van der Waals surface area contributed by atoms with E-state index in [-0.39, 0.29) is 49.5 Å². The number of likely N-dealkylation sites (N-methyl/N-ethyl adjacent to an activating group) is 2. The summed E-state index contributed by atoms with van der Waals surface area (Å²) in [6, 6.07) is 13.4. The van der Waals surface area contributed by atoms with Crippen molar-refractivity contribution in [3.05, 3.63) is 84.2 Å². The molecule has 15 nitrogen and oxygen atoms in total. The van der Waals surface area contributed by atoms with E-state index >= 15 is 0 Å². The molecule has 0 aliphatic carbocycles. The first-order chi connectivity index (χ1) is 31.4. The molecule has 1 saturated heterocycles. The van der Waals surface area contributed by atoms with E-state index in [0.29, 0.717) is 63.1 Å². The summed E-state index contributed by atoms with van der Waals surface area (Å²) in [5.74, 6) is -1.89. The molecule has 3 atom stereocenters. The Hall–Kier alpha value is -5.90. The molecule has 1 fully saturated rings. The smallest absolute Gasteiger partial charge is 0.259 e. The van der Waals surface area contributed by atoms with Gasteiger partial charge in [-0.3, -0.25) is 29.2 Å². The predicted molar refractivity (Wildman–Crippen MR) is 254 cm³/mol. The zero-order valence-electron chi connectivity index (χ0n) is 39.8. The molecule has 15 heteroatoms. The summed E-state index contributed by atoms with van der Waals surface area (Å²) in [6.45, 7) is 15.5. The van der Waals surface area contributed by atoms with Gasteiger partial charge in [-0.05, 0) is 109 Å². The third-order valence-corrected chi connectivity index (χ3v) is 12.8. The summed E-state index contributed by atoms with van der Waals surface area (Å²) >= 11 is 0. The summed E-state index contributed by atoms with van der Waals surface area (Å²) in [5.41, 5.74) is 8.66. The summed E-state index contributed by atoms with van der Waals surface area (Å²) in [5, 5.41) is 16.7. The van der Waals surface area contributed by atoms with Crippen molar-refractivity contribution >= 4 is 40.8 Å². The highest BCUT2D eigenvalue weighted by atomic mass is 16.5. The van der Waals surface area contributed by atoms with Crippen LogP contribution >= 0.6 is 0 Å². The monoisotopic (exact) mass is 906 g/mol. The molecule has 4 aromatic rings. The van der Waals surface area contributed by atoms with E-state index in [1.54, 1.807) is 39.5 Å². The molecule has 2 aromatic carbocycles. The van der Waals surface area contributed by atoms with Crippen LogP contribution in [0.25, 0.3) is 33.3 Å². The highest BCUT2D eigenvalue weighted by molar-refractivity contribution is 5.96. The van der Waals surface area contributed by atoms with E-state index < -0.39 is 34.9 Å². The number of ether oxygens (including phenoxy) is 2. The fourth-order valence-corrected chi connectivity index (χ4v) is 9.52. The summed E-state index contributed by atoms with van der Waals surface area (Å²) in [4.78, 5) is 75.4. The Balaban J connectivity index is 1.43. The molecule has 6 bridgehead atoms. The van der Waals surface area contributed by atoms with E-state index in [9.17, 15) is 29.1 Å². The van der Waals surface area contributed by atoms with E-state index in [0.717, 1.165) is 45.3 Å². The van der Waals surface area contributed by atoms with Crippen molar-refractivity contribution in [2.75, 3.05) is 47.5 Å². The SMILES string of the molecule is C=CC(=O)N(C)CCCC(=O)N(C)[C@H](C(=O)N[C@H]1Cc2cc(O)cc(c2)-c2ccc3c(c2)c(c(-c2cccnc2COC)n3CC)CC(C)(C)COC[C@@]2(C=O)CCCN(N2)C1=O)C(C)C. The number of nitrogens with zero attached hydrogens (tertiary/aromatic N) is 5. The van der Waals surface area contributed by atoms with Crippen LogP contribution in [0.15, 0.2) is 67.4 Å². The second kappa shape index (κ2) is 21.2. The standard InChI is InChI=1S/C51H67N7O8/c1-10-44(61)55(7)21-13-16-45(62)56(8)46(33(3)4)48(63)53-41-25-34-23-36(26-37(60)24-34)35-17-18-43-39(27-35)40(47(57(43)11-2)38-15-12-20-52-42(38)29-65-9)28-50(5,6)31-66-32-51(30-59)19-14-22-58(54-51)49(41)64/h10,12,15,17-18,20,23-24,26-27,30,33,41,46,54,60H,1,11,13-14,16,19,21-22,25,28-29,31-32H2,2-9H3,(H,53,63)/t41-,46-,51-/m0/s1. The largest absolute Gasteiger partial charge is 0.508 e. The fraction of sp³-hybridized carbons (Fsp3) is 0.490. The van der Waals surface area contributed by atoms with Gasteiger partial charge in [0.15, 0.2) is 0 Å². The van der Waals surface area contributed by atoms with Gasteiger partial charge in [0, 0.05) is 76.3 Å². The number of amides is 4. The predicted octanol–water partition coefficient (Wildman–Crippen LogP) is 5.84. The van der Waals surface area contributed by atoms with Crippen LogP contribution in [0, 0.1) is 11.3 Å². The summed E-state index contributed by atoms with van der Waals surface area (Å²) in [6.07, 6.45) is 5.79. The Labute approximate surface area is 388 Å². The van der Waals surface area contributed by atoms with Crippen molar-refractivity contribution in [2.45, 2.75) is 104 Å². The van der Waals surface area contributed by atoms with E-state index in [1.165, 1.54) is 20.9 Å². The maximum absolute atomic E-state index is 14.8. The Bertz CT molecular complexity index is 2450. The minimum absolute atomic E-state index is 0.00480. The number of carbonyl (C=O) groups excluding carboxylic acids is 5. The van der Waals surface area contributed by atoms with Crippen LogP contribution in [0.4, 0.5) is 0 Å². The number of benzene rings is 2. The maximum Gasteiger partial charge on any atom is 0.259 e. The van der Waals surface area contributed by atoms with Gasteiger partial charge in [-0.15, -0.1) is 0 Å². The molecule has 354 valence electrons. The van der Waals surface area contributed by atoms with Crippen LogP contribution in [0.3, 0.4) is 0 Å². The number of aromatic hydroxyl groups is 1. The summed E-state index contributed by atoms with van der Waals surface area (Å²) < 4.78 is 14.4. The molecule has 0 spiro atoms. The number of phenolic OH excluding ortho intramolecular Hbond substituents is 1. The third kappa shape index (κ3) is 11.0. The number of pyridine rings is 1. The van der Waals surface area contributed by atoms with Crippen LogP contribution in [0.1, 0.15) is 77.1 Å². The normalized spacial score (nSPS) is 19.2. The second-order valence-corrected chi connectivity index (χ2v) is 19.0. The lowest BCUT2D eigenvalue weighted by molar-refractivity contribution is -0.148. The van der Waals surface area contributed by atoms with Gasteiger partial charge in [-0.2, -0.15) is 0 Å². The molecule has 4 amide bonds. The Morgan fingerprint density at radius 2 is 1.89 bits per heavy atom. The number of aromatic nitrogens is 2. The van der Waals surface area contributed by atoms with Gasteiger partial charge in [-0.25, -0.2) is 5.43 Å². The highest BCUT2D eigenvalue weighted by Crippen LogP contribution is 2.41. The van der Waals surface area contributed by atoms with Crippen LogP contribution in [-0.4, -0.2) is 125 Å². The first-order valence-electron chi connectivity index (χ1n) is 22.9. The molecule has 0 unspecified atom stereocenters. The van der Waals surface area contributed by atoms with E-state index in [1.807, 2.05) is 32.0 Å². The molecule has 6 rings (SSSR count). The van der Waals surface area contributed by atoms with Crippen LogP contribution in [-0.2, 0) is 59.4 Å². The molecule has 2 aromatic heterocycles.